The Bertz CT molecular complexity index is 827. The highest BCUT2D eigenvalue weighted by Crippen LogP contribution is 2.17. The normalized spacial score (nSPS) is 14.7. The molecule has 1 saturated heterocycles. The van der Waals surface area contributed by atoms with Gasteiger partial charge in [-0.1, -0.05) is 12.1 Å². The molecular weight excluding hydrogens is 369 g/mol. The van der Waals surface area contributed by atoms with Crippen molar-refractivity contribution in [2.24, 2.45) is 4.99 Å². The number of guanidine groups is 1. The number of aliphatic imine (C=N–C) groups is 1. The van der Waals surface area contributed by atoms with Gasteiger partial charge in [0, 0.05) is 58.1 Å². The number of carbonyl (C=O) groups excluding carboxylic acids is 1. The summed E-state index contributed by atoms with van der Waals surface area (Å²) in [7, 11) is 1.80. The Kier molecular flexibility index (Phi) is 7.05. The molecule has 1 heterocycles. The molecule has 1 aliphatic heterocycles. The number of hydrogen-bond acceptors (Lipinski definition) is 3. The maximum atomic E-state index is 13.1. The van der Waals surface area contributed by atoms with E-state index in [1.54, 1.807) is 7.05 Å². The fourth-order valence-corrected chi connectivity index (χ4v) is 3.44. The van der Waals surface area contributed by atoms with Gasteiger partial charge in [-0.3, -0.25) is 9.79 Å². The standard InChI is InChI=1S/C22H28FN5O/c1-17(29)26-20-7-3-18(4-8-20)11-12-25-22(24-2)28-15-13-27(14-16-28)21-9-5-19(23)6-10-21/h3-10H,11-16H2,1-2H3,(H,24,25)(H,26,29). The second kappa shape index (κ2) is 9.91. The molecule has 1 amide bonds. The van der Waals surface area contributed by atoms with Crippen LogP contribution in [-0.4, -0.2) is 56.5 Å². The van der Waals surface area contributed by atoms with Gasteiger partial charge in [-0.25, -0.2) is 4.39 Å². The molecule has 0 unspecified atom stereocenters. The molecular formula is C22H28FN5O. The van der Waals surface area contributed by atoms with Crippen molar-refractivity contribution in [3.05, 3.63) is 59.9 Å². The Morgan fingerprint density at radius 3 is 2.28 bits per heavy atom. The monoisotopic (exact) mass is 397 g/mol. The van der Waals surface area contributed by atoms with Crippen LogP contribution in [0.1, 0.15) is 12.5 Å². The van der Waals surface area contributed by atoms with Crippen LogP contribution in [0.15, 0.2) is 53.5 Å². The molecule has 1 fully saturated rings. The summed E-state index contributed by atoms with van der Waals surface area (Å²) in [5, 5.41) is 6.21. The van der Waals surface area contributed by atoms with E-state index < -0.39 is 0 Å². The van der Waals surface area contributed by atoms with Crippen molar-refractivity contribution in [1.82, 2.24) is 10.2 Å². The van der Waals surface area contributed by atoms with Gasteiger partial charge in [-0.2, -0.15) is 0 Å². The lowest BCUT2D eigenvalue weighted by molar-refractivity contribution is -0.114. The van der Waals surface area contributed by atoms with Crippen LogP contribution in [-0.2, 0) is 11.2 Å². The first-order valence-corrected chi connectivity index (χ1v) is 9.88. The number of amides is 1. The Morgan fingerprint density at radius 1 is 1.03 bits per heavy atom. The molecule has 0 saturated carbocycles. The van der Waals surface area contributed by atoms with Crippen LogP contribution >= 0.6 is 0 Å². The van der Waals surface area contributed by atoms with Crippen LogP contribution in [0.25, 0.3) is 0 Å². The number of nitrogens with zero attached hydrogens (tertiary/aromatic N) is 3. The Balaban J connectivity index is 1.45. The van der Waals surface area contributed by atoms with Crippen molar-refractivity contribution in [3.8, 4) is 0 Å². The number of carbonyl (C=O) groups is 1. The highest BCUT2D eigenvalue weighted by molar-refractivity contribution is 5.88. The predicted molar refractivity (Wildman–Crippen MR) is 116 cm³/mol. The van der Waals surface area contributed by atoms with E-state index in [9.17, 15) is 9.18 Å². The number of rotatable bonds is 5. The number of benzene rings is 2. The fourth-order valence-electron chi connectivity index (χ4n) is 3.44. The van der Waals surface area contributed by atoms with Gasteiger partial charge in [0.2, 0.25) is 5.91 Å². The Morgan fingerprint density at radius 2 is 1.69 bits per heavy atom. The zero-order valence-electron chi connectivity index (χ0n) is 17.0. The fraction of sp³-hybridized carbons (Fsp3) is 0.364. The Labute approximate surface area is 171 Å². The molecule has 0 bridgehead atoms. The summed E-state index contributed by atoms with van der Waals surface area (Å²) in [6, 6.07) is 14.6. The summed E-state index contributed by atoms with van der Waals surface area (Å²) in [6.45, 7) is 5.76. The number of piperazine rings is 1. The van der Waals surface area contributed by atoms with Gasteiger partial charge < -0.3 is 20.4 Å². The van der Waals surface area contributed by atoms with E-state index in [-0.39, 0.29) is 11.7 Å². The third-order valence-corrected chi connectivity index (χ3v) is 4.95. The van der Waals surface area contributed by atoms with Crippen molar-refractivity contribution in [3.63, 3.8) is 0 Å². The SMILES string of the molecule is CN=C(NCCc1ccc(NC(C)=O)cc1)N1CCN(c2ccc(F)cc2)CC1. The predicted octanol–water partition coefficient (Wildman–Crippen LogP) is 2.72. The van der Waals surface area contributed by atoms with Crippen molar-refractivity contribution < 1.29 is 9.18 Å². The summed E-state index contributed by atoms with van der Waals surface area (Å²) in [5.74, 6) is 0.628. The van der Waals surface area contributed by atoms with E-state index in [0.717, 1.165) is 56.5 Å². The number of hydrogen-bond donors (Lipinski definition) is 2. The van der Waals surface area contributed by atoms with Crippen LogP contribution < -0.4 is 15.5 Å². The molecule has 154 valence electrons. The summed E-state index contributed by atoms with van der Waals surface area (Å²) >= 11 is 0. The first kappa shape index (κ1) is 20.6. The van der Waals surface area contributed by atoms with Crippen LogP contribution in [0.5, 0.6) is 0 Å². The average molecular weight is 397 g/mol. The van der Waals surface area contributed by atoms with Crippen molar-refractivity contribution in [2.75, 3.05) is 50.0 Å². The van der Waals surface area contributed by atoms with Crippen molar-refractivity contribution in [2.45, 2.75) is 13.3 Å². The minimum absolute atomic E-state index is 0.0669. The van der Waals surface area contributed by atoms with Gasteiger partial charge in [0.05, 0.1) is 0 Å². The van der Waals surface area contributed by atoms with E-state index in [4.69, 9.17) is 0 Å². The Hall–Kier alpha value is -3.09. The third kappa shape index (κ3) is 5.94. The van der Waals surface area contributed by atoms with Gasteiger partial charge >= 0.3 is 0 Å². The zero-order chi connectivity index (χ0) is 20.6. The van der Waals surface area contributed by atoms with E-state index in [1.807, 2.05) is 36.4 Å². The highest BCUT2D eigenvalue weighted by atomic mass is 19.1. The molecule has 6 nitrogen and oxygen atoms in total. The van der Waals surface area contributed by atoms with Crippen molar-refractivity contribution in [1.29, 1.82) is 0 Å². The van der Waals surface area contributed by atoms with Gasteiger partial charge in [0.25, 0.3) is 0 Å². The van der Waals surface area contributed by atoms with Gasteiger partial charge in [0.1, 0.15) is 5.82 Å². The largest absolute Gasteiger partial charge is 0.368 e. The molecule has 0 aromatic heterocycles. The lowest BCUT2D eigenvalue weighted by atomic mass is 10.1. The van der Waals surface area contributed by atoms with E-state index in [2.05, 4.69) is 25.4 Å². The van der Waals surface area contributed by atoms with Crippen LogP contribution in [0, 0.1) is 5.82 Å². The number of halogens is 1. The average Bonchev–Trinajstić information content (AvgIpc) is 2.73. The van der Waals surface area contributed by atoms with Crippen LogP contribution in [0.4, 0.5) is 15.8 Å². The van der Waals surface area contributed by atoms with Crippen LogP contribution in [0.3, 0.4) is 0 Å². The molecule has 3 rings (SSSR count). The maximum absolute atomic E-state index is 13.1. The maximum Gasteiger partial charge on any atom is 0.221 e. The summed E-state index contributed by atoms with van der Waals surface area (Å²) < 4.78 is 13.1. The smallest absolute Gasteiger partial charge is 0.221 e. The molecule has 2 aromatic carbocycles. The summed E-state index contributed by atoms with van der Waals surface area (Å²) in [4.78, 5) is 20.0. The molecule has 7 heteroatoms. The molecule has 0 atom stereocenters. The summed E-state index contributed by atoms with van der Waals surface area (Å²) in [5.41, 5.74) is 3.06. The van der Waals surface area contributed by atoms with Crippen molar-refractivity contribution >= 4 is 23.2 Å². The first-order chi connectivity index (χ1) is 14.0. The molecule has 0 radical (unpaired) electrons. The molecule has 1 aliphatic rings. The first-order valence-electron chi connectivity index (χ1n) is 9.88. The van der Waals surface area contributed by atoms with E-state index in [1.165, 1.54) is 24.6 Å². The molecule has 2 N–H and O–H groups in total. The molecule has 2 aromatic rings. The quantitative estimate of drug-likeness (QED) is 0.602. The molecule has 0 spiro atoms. The van der Waals surface area contributed by atoms with E-state index >= 15 is 0 Å². The minimum Gasteiger partial charge on any atom is -0.368 e. The minimum atomic E-state index is -0.207. The van der Waals surface area contributed by atoms with Gasteiger partial charge in [0.15, 0.2) is 5.96 Å². The lowest BCUT2D eigenvalue weighted by Gasteiger charge is -2.37. The van der Waals surface area contributed by atoms with Gasteiger partial charge in [-0.05, 0) is 48.4 Å². The number of anilines is 2. The summed E-state index contributed by atoms with van der Waals surface area (Å²) in [6.07, 6.45) is 0.870. The number of nitrogens with one attached hydrogen (secondary N) is 2. The third-order valence-electron chi connectivity index (χ3n) is 4.95. The molecule has 0 aliphatic carbocycles. The second-order valence-corrected chi connectivity index (χ2v) is 7.05. The highest BCUT2D eigenvalue weighted by Gasteiger charge is 2.19. The van der Waals surface area contributed by atoms with E-state index in [0.29, 0.717) is 0 Å². The van der Waals surface area contributed by atoms with Gasteiger partial charge in [-0.15, -0.1) is 0 Å². The topological polar surface area (TPSA) is 60.0 Å². The molecule has 29 heavy (non-hydrogen) atoms. The van der Waals surface area contributed by atoms with Crippen LogP contribution in [0.2, 0.25) is 0 Å². The lowest BCUT2D eigenvalue weighted by Crippen LogP contribution is -2.52. The second-order valence-electron chi connectivity index (χ2n) is 7.05. The zero-order valence-corrected chi connectivity index (χ0v) is 17.0.